The van der Waals surface area contributed by atoms with Crippen LogP contribution >= 0.6 is 0 Å². The van der Waals surface area contributed by atoms with Crippen LogP contribution in [0.3, 0.4) is 0 Å². The smallest absolute Gasteiger partial charge is 0.123 e. The second-order valence-corrected chi connectivity index (χ2v) is 3.96. The number of hydrogen-bond donors (Lipinski definition) is 2. The number of aromatic nitrogens is 1. The summed E-state index contributed by atoms with van der Waals surface area (Å²) in [4.78, 5) is 4.01. The molecule has 1 aromatic heterocycles. The molecule has 0 aliphatic rings. The molecule has 0 radical (unpaired) electrons. The van der Waals surface area contributed by atoms with E-state index in [4.69, 9.17) is 15.6 Å². The zero-order valence-electron chi connectivity index (χ0n) is 10.0. The van der Waals surface area contributed by atoms with E-state index in [0.29, 0.717) is 18.8 Å². The largest absolute Gasteiger partial charge is 0.489 e. The van der Waals surface area contributed by atoms with E-state index in [1.807, 2.05) is 30.3 Å². The number of pyridine rings is 1. The van der Waals surface area contributed by atoms with Crippen molar-refractivity contribution in [1.82, 2.24) is 4.98 Å². The average molecular weight is 244 g/mol. The minimum Gasteiger partial charge on any atom is -0.489 e. The Morgan fingerprint density at radius 1 is 1.17 bits per heavy atom. The van der Waals surface area contributed by atoms with E-state index >= 15 is 0 Å². The number of nitrogens with zero attached hydrogens (tertiary/aromatic N) is 1. The second-order valence-electron chi connectivity index (χ2n) is 3.96. The predicted molar refractivity (Wildman–Crippen MR) is 70.2 cm³/mol. The van der Waals surface area contributed by atoms with Gasteiger partial charge in [-0.3, -0.25) is 0 Å². The number of nitrogens with two attached hydrogens (primary N) is 1. The van der Waals surface area contributed by atoms with E-state index in [2.05, 4.69) is 4.98 Å². The highest BCUT2D eigenvalue weighted by atomic mass is 16.5. The van der Waals surface area contributed by atoms with Crippen LogP contribution in [0.25, 0.3) is 0 Å². The lowest BCUT2D eigenvalue weighted by Gasteiger charge is -2.10. The van der Waals surface area contributed by atoms with Crippen molar-refractivity contribution in [3.8, 4) is 5.75 Å². The maximum absolute atomic E-state index is 8.98. The van der Waals surface area contributed by atoms with Gasteiger partial charge in [-0.15, -0.1) is 0 Å². The summed E-state index contributed by atoms with van der Waals surface area (Å²) < 4.78 is 5.72. The van der Waals surface area contributed by atoms with Gasteiger partial charge in [0.1, 0.15) is 18.2 Å². The van der Waals surface area contributed by atoms with Crippen molar-refractivity contribution < 1.29 is 9.84 Å². The quantitative estimate of drug-likeness (QED) is 0.841. The highest BCUT2D eigenvalue weighted by molar-refractivity contribution is 5.34. The van der Waals surface area contributed by atoms with Gasteiger partial charge in [0, 0.05) is 18.4 Å². The number of hydrogen-bond acceptors (Lipinski definition) is 4. The van der Waals surface area contributed by atoms with Crippen LogP contribution in [0.15, 0.2) is 42.6 Å². The number of rotatable bonds is 5. The number of para-hydroxylation sites is 1. The van der Waals surface area contributed by atoms with Crippen LogP contribution in [-0.2, 0) is 13.0 Å². The van der Waals surface area contributed by atoms with Gasteiger partial charge in [0.25, 0.3) is 0 Å². The van der Waals surface area contributed by atoms with E-state index < -0.39 is 0 Å². The molecule has 2 aromatic rings. The van der Waals surface area contributed by atoms with Crippen molar-refractivity contribution >= 4 is 5.82 Å². The SMILES string of the molecule is Nc1ccc(COc2ccccc2CCO)cn1. The molecule has 1 heterocycles. The van der Waals surface area contributed by atoms with Gasteiger partial charge < -0.3 is 15.6 Å². The molecule has 0 aliphatic carbocycles. The Labute approximate surface area is 106 Å². The fourth-order valence-electron chi connectivity index (χ4n) is 1.65. The molecular formula is C14H16N2O2. The van der Waals surface area contributed by atoms with Crippen molar-refractivity contribution in [2.24, 2.45) is 0 Å². The van der Waals surface area contributed by atoms with Gasteiger partial charge in [-0.2, -0.15) is 0 Å². The summed E-state index contributed by atoms with van der Waals surface area (Å²) in [6.45, 7) is 0.555. The molecule has 1 aromatic carbocycles. The Bertz CT molecular complexity index is 497. The lowest BCUT2D eigenvalue weighted by molar-refractivity contribution is 0.284. The Morgan fingerprint density at radius 3 is 2.72 bits per heavy atom. The van der Waals surface area contributed by atoms with Crippen LogP contribution < -0.4 is 10.5 Å². The molecule has 0 bridgehead atoms. The second kappa shape index (κ2) is 6.02. The molecule has 2 rings (SSSR count). The van der Waals surface area contributed by atoms with E-state index in [-0.39, 0.29) is 6.61 Å². The normalized spacial score (nSPS) is 10.3. The molecule has 3 N–H and O–H groups in total. The summed E-state index contributed by atoms with van der Waals surface area (Å²) in [6.07, 6.45) is 2.29. The minimum atomic E-state index is 0.115. The Kier molecular flexibility index (Phi) is 4.15. The maximum atomic E-state index is 8.98. The van der Waals surface area contributed by atoms with Gasteiger partial charge in [-0.25, -0.2) is 4.98 Å². The molecule has 18 heavy (non-hydrogen) atoms. The van der Waals surface area contributed by atoms with Gasteiger partial charge in [0.2, 0.25) is 0 Å². The highest BCUT2D eigenvalue weighted by Gasteiger charge is 2.02. The number of benzene rings is 1. The molecule has 0 spiro atoms. The predicted octanol–water partition coefficient (Wildman–Crippen LogP) is 1.78. The van der Waals surface area contributed by atoms with Gasteiger partial charge in [0.05, 0.1) is 0 Å². The molecule has 4 nitrogen and oxygen atoms in total. The summed E-state index contributed by atoms with van der Waals surface area (Å²) in [6, 6.07) is 11.3. The number of aliphatic hydroxyl groups is 1. The molecule has 0 fully saturated rings. The minimum absolute atomic E-state index is 0.115. The van der Waals surface area contributed by atoms with Crippen molar-refractivity contribution in [2.45, 2.75) is 13.0 Å². The Balaban J connectivity index is 2.03. The first kappa shape index (κ1) is 12.4. The topological polar surface area (TPSA) is 68.4 Å². The van der Waals surface area contributed by atoms with E-state index in [9.17, 15) is 0 Å². The molecule has 0 aliphatic heterocycles. The van der Waals surface area contributed by atoms with Crippen LogP contribution in [0.2, 0.25) is 0 Å². The van der Waals surface area contributed by atoms with Crippen LogP contribution in [0.4, 0.5) is 5.82 Å². The summed E-state index contributed by atoms with van der Waals surface area (Å²) >= 11 is 0. The molecular weight excluding hydrogens is 228 g/mol. The molecule has 94 valence electrons. The van der Waals surface area contributed by atoms with Crippen molar-refractivity contribution in [2.75, 3.05) is 12.3 Å². The van der Waals surface area contributed by atoms with Gasteiger partial charge in [-0.1, -0.05) is 24.3 Å². The third-order valence-corrected chi connectivity index (χ3v) is 2.60. The number of anilines is 1. The number of nitrogen functional groups attached to an aromatic ring is 1. The van der Waals surface area contributed by atoms with Crippen LogP contribution in [0.5, 0.6) is 5.75 Å². The monoisotopic (exact) mass is 244 g/mol. The first-order valence-corrected chi connectivity index (χ1v) is 5.81. The van der Waals surface area contributed by atoms with Gasteiger partial charge in [0.15, 0.2) is 0 Å². The van der Waals surface area contributed by atoms with Crippen molar-refractivity contribution in [3.63, 3.8) is 0 Å². The summed E-state index contributed by atoms with van der Waals surface area (Å²) in [7, 11) is 0. The maximum Gasteiger partial charge on any atom is 0.123 e. The zero-order chi connectivity index (χ0) is 12.8. The fourth-order valence-corrected chi connectivity index (χ4v) is 1.65. The van der Waals surface area contributed by atoms with Crippen LogP contribution in [0.1, 0.15) is 11.1 Å². The average Bonchev–Trinajstić information content (AvgIpc) is 2.40. The third-order valence-electron chi connectivity index (χ3n) is 2.60. The van der Waals surface area contributed by atoms with Crippen LogP contribution in [0, 0.1) is 0 Å². The van der Waals surface area contributed by atoms with Crippen LogP contribution in [-0.4, -0.2) is 16.7 Å². The summed E-state index contributed by atoms with van der Waals surface area (Å²) in [5.74, 6) is 1.29. The molecule has 0 unspecified atom stereocenters. The summed E-state index contributed by atoms with van der Waals surface area (Å²) in [5, 5.41) is 8.98. The lowest BCUT2D eigenvalue weighted by Crippen LogP contribution is -2.01. The first-order chi connectivity index (χ1) is 8.79. The molecule has 0 atom stereocenters. The fraction of sp³-hybridized carbons (Fsp3) is 0.214. The third kappa shape index (κ3) is 3.21. The summed E-state index contributed by atoms with van der Waals surface area (Å²) in [5.41, 5.74) is 7.48. The van der Waals surface area contributed by atoms with E-state index in [1.165, 1.54) is 0 Å². The molecule has 0 saturated heterocycles. The van der Waals surface area contributed by atoms with Gasteiger partial charge >= 0.3 is 0 Å². The standard InChI is InChI=1S/C14H16N2O2/c15-14-6-5-11(9-16-14)10-18-13-4-2-1-3-12(13)7-8-17/h1-6,9,17H,7-8,10H2,(H2,15,16). The Morgan fingerprint density at radius 2 is 2.00 bits per heavy atom. The van der Waals surface area contributed by atoms with Crippen molar-refractivity contribution in [3.05, 3.63) is 53.7 Å². The molecule has 4 heteroatoms. The van der Waals surface area contributed by atoms with Gasteiger partial charge in [-0.05, 0) is 24.1 Å². The molecule has 0 amide bonds. The van der Waals surface area contributed by atoms with Crippen molar-refractivity contribution in [1.29, 1.82) is 0 Å². The first-order valence-electron chi connectivity index (χ1n) is 5.81. The van der Waals surface area contributed by atoms with E-state index in [1.54, 1.807) is 12.3 Å². The zero-order valence-corrected chi connectivity index (χ0v) is 10.0. The number of aliphatic hydroxyl groups excluding tert-OH is 1. The number of ether oxygens (including phenoxy) is 1. The molecule has 0 saturated carbocycles. The van der Waals surface area contributed by atoms with E-state index in [0.717, 1.165) is 16.9 Å². The highest BCUT2D eigenvalue weighted by Crippen LogP contribution is 2.19. The Hall–Kier alpha value is -2.07. The lowest BCUT2D eigenvalue weighted by atomic mass is 10.1.